The second-order valence-corrected chi connectivity index (χ2v) is 16.4. The molecule has 0 saturated carbocycles. The van der Waals surface area contributed by atoms with Crippen LogP contribution in [0, 0.1) is 10.8 Å². The minimum atomic E-state index is -2.27. The van der Waals surface area contributed by atoms with E-state index in [4.69, 9.17) is 33.2 Å². The minimum absolute atomic E-state index is 0.0160. The van der Waals surface area contributed by atoms with Crippen LogP contribution >= 0.6 is 0 Å². The Morgan fingerprint density at radius 2 is 1.74 bits per heavy atom. The van der Waals surface area contributed by atoms with Gasteiger partial charge in [-0.2, -0.15) is 0 Å². The Bertz CT molecular complexity index is 1240. The van der Waals surface area contributed by atoms with E-state index in [0.717, 1.165) is 25.7 Å². The van der Waals surface area contributed by atoms with Crippen LogP contribution in [-0.4, -0.2) is 108 Å². The second kappa shape index (κ2) is 20.5. The molecule has 13 nitrogen and oxygen atoms in total. The third-order valence-electron chi connectivity index (χ3n) is 10.3. The summed E-state index contributed by atoms with van der Waals surface area (Å²) >= 11 is 0. The second-order valence-electron chi connectivity index (χ2n) is 16.4. The molecule has 13 heteroatoms. The molecule has 0 aromatic carbocycles. The number of cyclic esters (lactones) is 1. The average Bonchev–Trinajstić information content (AvgIpc) is 3.07. The predicted molar refractivity (Wildman–Crippen MR) is 195 cm³/mol. The van der Waals surface area contributed by atoms with Crippen LogP contribution in [0.5, 0.6) is 0 Å². The van der Waals surface area contributed by atoms with Gasteiger partial charge < -0.3 is 48.5 Å². The Labute approximate surface area is 315 Å². The van der Waals surface area contributed by atoms with Gasteiger partial charge >= 0.3 is 17.9 Å². The molecule has 9 atom stereocenters. The van der Waals surface area contributed by atoms with Crippen LogP contribution in [-0.2, 0) is 47.5 Å². The fourth-order valence-electron chi connectivity index (χ4n) is 6.86. The van der Waals surface area contributed by atoms with Crippen LogP contribution in [0.2, 0.25) is 0 Å². The van der Waals surface area contributed by atoms with Crippen LogP contribution in [0.3, 0.4) is 0 Å². The molecular formula is C40H66O13. The number of unbranched alkanes of at least 4 members (excludes halogenated alkanes) is 4. The number of rotatable bonds is 9. The van der Waals surface area contributed by atoms with Gasteiger partial charge in [-0.25, -0.2) is 4.79 Å². The smallest absolute Gasteiger partial charge is 0.330 e. The molecule has 3 rings (SSSR count). The highest BCUT2D eigenvalue weighted by Gasteiger charge is 2.57. The van der Waals surface area contributed by atoms with Crippen LogP contribution in [0.15, 0.2) is 23.8 Å². The van der Waals surface area contributed by atoms with Gasteiger partial charge in [0.25, 0.3) is 0 Å². The zero-order valence-electron chi connectivity index (χ0n) is 33.2. The largest absolute Gasteiger partial charge is 0.466 e. The fraction of sp³-hybridized carbons (Fsp3) is 0.825. The van der Waals surface area contributed by atoms with Crippen molar-refractivity contribution in [2.45, 2.75) is 180 Å². The Hall–Kier alpha value is -2.39. The summed E-state index contributed by atoms with van der Waals surface area (Å²) in [5.74, 6) is -4.28. The molecule has 0 spiro atoms. The van der Waals surface area contributed by atoms with Gasteiger partial charge in [-0.1, -0.05) is 73.3 Å². The molecule has 4 bridgehead atoms. The van der Waals surface area contributed by atoms with E-state index in [2.05, 4.69) is 27.7 Å². The van der Waals surface area contributed by atoms with E-state index in [0.29, 0.717) is 25.9 Å². The number of esters is 3. The summed E-state index contributed by atoms with van der Waals surface area (Å²) in [6.45, 7) is 13.8. The number of aliphatic hydroxyl groups is 3. The van der Waals surface area contributed by atoms with E-state index >= 15 is 0 Å². The molecular weight excluding hydrogens is 688 g/mol. The average molecular weight is 755 g/mol. The summed E-state index contributed by atoms with van der Waals surface area (Å²) < 4.78 is 41.6. The molecule has 0 aromatic rings. The maximum Gasteiger partial charge on any atom is 0.330 e. The number of carbonyl (C=O) groups is 3. The maximum absolute atomic E-state index is 13.3. The topological polar surface area (TPSA) is 177 Å². The molecule has 1 unspecified atom stereocenters. The van der Waals surface area contributed by atoms with Crippen molar-refractivity contribution in [3.05, 3.63) is 23.8 Å². The van der Waals surface area contributed by atoms with Gasteiger partial charge in [0.2, 0.25) is 5.79 Å². The monoisotopic (exact) mass is 754 g/mol. The van der Waals surface area contributed by atoms with E-state index < -0.39 is 65.9 Å². The van der Waals surface area contributed by atoms with Crippen molar-refractivity contribution in [2.75, 3.05) is 20.3 Å². The molecule has 53 heavy (non-hydrogen) atoms. The first-order chi connectivity index (χ1) is 24.9. The van der Waals surface area contributed by atoms with Crippen molar-refractivity contribution >= 4 is 17.9 Å². The van der Waals surface area contributed by atoms with Crippen molar-refractivity contribution in [1.82, 2.24) is 0 Å². The van der Waals surface area contributed by atoms with Crippen LogP contribution in [0.1, 0.15) is 126 Å². The lowest BCUT2D eigenvalue weighted by molar-refractivity contribution is -0.327. The van der Waals surface area contributed by atoms with Gasteiger partial charge in [-0.15, -0.1) is 0 Å². The van der Waals surface area contributed by atoms with Crippen molar-refractivity contribution in [2.24, 2.45) is 10.8 Å². The van der Waals surface area contributed by atoms with Gasteiger partial charge in [0, 0.05) is 37.4 Å². The number of methoxy groups -OCH3 is 1. The van der Waals surface area contributed by atoms with Crippen LogP contribution < -0.4 is 0 Å². The van der Waals surface area contributed by atoms with E-state index in [9.17, 15) is 29.7 Å². The molecule has 0 aromatic heterocycles. The zero-order valence-corrected chi connectivity index (χ0v) is 33.2. The number of ether oxygens (including phenoxy) is 7. The van der Waals surface area contributed by atoms with Gasteiger partial charge in [-0.3, -0.25) is 9.59 Å². The number of fused-ring (bicyclic) bond motifs is 4. The number of hydrogen-bond donors (Lipinski definition) is 3. The molecule has 3 aliphatic heterocycles. The summed E-state index contributed by atoms with van der Waals surface area (Å²) in [6.07, 6.45) is 3.30. The molecule has 2 fully saturated rings. The van der Waals surface area contributed by atoms with Crippen LogP contribution in [0.25, 0.3) is 0 Å². The van der Waals surface area contributed by atoms with E-state index in [-0.39, 0.29) is 61.9 Å². The summed E-state index contributed by atoms with van der Waals surface area (Å²) in [7, 11) is 1.22. The van der Waals surface area contributed by atoms with Crippen molar-refractivity contribution in [3.63, 3.8) is 0 Å². The highest BCUT2D eigenvalue weighted by molar-refractivity contribution is 5.83. The molecule has 0 aliphatic carbocycles. The summed E-state index contributed by atoms with van der Waals surface area (Å²) in [4.78, 5) is 39.1. The SMILES string of the molecule is CCCCCCCC(=O)O[C@H]1C(=CC(=O)OC)CC2C[C@H]([C@@H](C)O)OC(=O)C[C@H](O)CCO[C@H](C(C)(C)C)C[C@@H]3CCO[C@H](C=CC(C)(C)[C@]1(O)O2)O3. The molecule has 304 valence electrons. The number of aliphatic hydroxyl groups excluding tert-OH is 2. The third-order valence-corrected chi connectivity index (χ3v) is 10.3. The molecule has 2 saturated heterocycles. The first kappa shape index (κ1) is 45.0. The molecule has 0 amide bonds. The third kappa shape index (κ3) is 13.7. The minimum Gasteiger partial charge on any atom is -0.466 e. The Kier molecular flexibility index (Phi) is 17.4. The molecule has 3 N–H and O–H groups in total. The van der Waals surface area contributed by atoms with E-state index in [1.165, 1.54) is 20.1 Å². The number of carbonyl (C=O) groups excluding carboxylic acids is 3. The predicted octanol–water partition coefficient (Wildman–Crippen LogP) is 5.21. The van der Waals surface area contributed by atoms with Crippen molar-refractivity contribution in [3.8, 4) is 0 Å². The van der Waals surface area contributed by atoms with Gasteiger partial charge in [0.1, 0.15) is 6.10 Å². The fourth-order valence-corrected chi connectivity index (χ4v) is 6.86. The Morgan fingerprint density at radius 1 is 1.04 bits per heavy atom. The number of hydrogen-bond acceptors (Lipinski definition) is 13. The molecule has 3 aliphatic rings. The van der Waals surface area contributed by atoms with Crippen molar-refractivity contribution < 1.29 is 62.9 Å². The van der Waals surface area contributed by atoms with Crippen molar-refractivity contribution in [1.29, 1.82) is 0 Å². The lowest BCUT2D eigenvalue weighted by Crippen LogP contribution is -2.62. The normalized spacial score (nSPS) is 33.4. The van der Waals surface area contributed by atoms with Gasteiger partial charge in [0.15, 0.2) is 12.4 Å². The van der Waals surface area contributed by atoms with E-state index in [1.54, 1.807) is 26.0 Å². The zero-order chi connectivity index (χ0) is 39.4. The summed E-state index contributed by atoms with van der Waals surface area (Å²) in [6, 6.07) is 0. The summed E-state index contributed by atoms with van der Waals surface area (Å²) in [5.41, 5.74) is -1.33. The molecule has 3 heterocycles. The Balaban J connectivity index is 2.06. The van der Waals surface area contributed by atoms with Gasteiger partial charge in [-0.05, 0) is 49.7 Å². The maximum atomic E-state index is 13.3. The first-order valence-electron chi connectivity index (χ1n) is 19.4. The van der Waals surface area contributed by atoms with E-state index in [1.807, 2.05) is 0 Å². The quantitative estimate of drug-likeness (QED) is 0.0921. The van der Waals surface area contributed by atoms with Crippen LogP contribution in [0.4, 0.5) is 0 Å². The highest BCUT2D eigenvalue weighted by atomic mass is 16.7. The van der Waals surface area contributed by atoms with Gasteiger partial charge in [0.05, 0.1) is 50.7 Å². The first-order valence-corrected chi connectivity index (χ1v) is 19.4. The molecule has 0 radical (unpaired) electrons. The summed E-state index contributed by atoms with van der Waals surface area (Å²) in [5, 5.41) is 34.1. The standard InChI is InChI=1S/C40H66O13/c1-9-10-11-12-13-14-33(43)52-37-27(22-34(44)47-8)21-30-24-31(26(2)41)51-35(45)23-28(42)16-19-48-32(38(3,4)5)25-29-17-20-49-36(50-29)15-18-39(6,7)40(37,46)53-30/h15,18,22,26,28-32,36-37,41-42,46H,9-14,16-17,19-21,23-25H2,1-8H3/t26-,28-,29+,30?,31-,32+,36+,37+,40-/m1/s1. The highest BCUT2D eigenvalue weighted by Crippen LogP contribution is 2.47. The Morgan fingerprint density at radius 3 is 2.40 bits per heavy atom. The lowest BCUT2D eigenvalue weighted by atomic mass is 9.74. The lowest BCUT2D eigenvalue weighted by Gasteiger charge is -2.51.